The topological polar surface area (TPSA) is 76.3 Å². The molecule has 0 unspecified atom stereocenters. The van der Waals surface area contributed by atoms with Crippen molar-refractivity contribution in [1.29, 1.82) is 0 Å². The molecule has 0 saturated heterocycles. The summed E-state index contributed by atoms with van der Waals surface area (Å²) < 4.78 is 29.4. The van der Waals surface area contributed by atoms with Gasteiger partial charge in [-0.25, -0.2) is 18.4 Å². The van der Waals surface area contributed by atoms with Gasteiger partial charge in [0.15, 0.2) is 3.77 Å². The summed E-state index contributed by atoms with van der Waals surface area (Å²) in [4.78, 5) is 10.4. The average Bonchev–Trinajstić information content (AvgIpc) is 2.82. The molecular weight excluding hydrogens is 405 g/mol. The quantitative estimate of drug-likeness (QED) is 0.556. The van der Waals surface area contributed by atoms with Crippen LogP contribution in [0.5, 0.6) is 0 Å². The van der Waals surface area contributed by atoms with Crippen molar-refractivity contribution in [3.8, 4) is 0 Å². The molecule has 3 rings (SSSR count). The van der Waals surface area contributed by atoms with E-state index in [0.29, 0.717) is 6.54 Å². The van der Waals surface area contributed by atoms with Crippen molar-refractivity contribution >= 4 is 32.4 Å². The molecule has 0 N–H and O–H groups in total. The normalized spacial score (nSPS) is 15.9. The number of hydrogen-bond acceptors (Lipinski definition) is 6. The molecule has 1 aliphatic heterocycles. The van der Waals surface area contributed by atoms with E-state index >= 15 is 0 Å². The highest BCUT2D eigenvalue weighted by Gasteiger charge is 2.21. The molecule has 8 heteroatoms. The van der Waals surface area contributed by atoms with E-state index in [2.05, 4.69) is 37.5 Å². The monoisotopic (exact) mass is 419 g/mol. The third-order valence-electron chi connectivity index (χ3n) is 3.33. The van der Waals surface area contributed by atoms with Gasteiger partial charge in [0.05, 0.1) is 12.2 Å². The van der Waals surface area contributed by atoms with Crippen LogP contribution in [0.1, 0.15) is 17.0 Å². The molecule has 0 bridgehead atoms. The van der Waals surface area contributed by atoms with Crippen LogP contribution in [0.3, 0.4) is 0 Å². The van der Waals surface area contributed by atoms with Crippen molar-refractivity contribution in [2.24, 2.45) is 0 Å². The molecule has 6 nitrogen and oxygen atoms in total. The second kappa shape index (κ2) is 5.65. The number of fused-ring (bicyclic) bond motifs is 1. The van der Waals surface area contributed by atoms with E-state index in [9.17, 15) is 8.42 Å². The fourth-order valence-electron chi connectivity index (χ4n) is 2.33. The molecule has 0 aliphatic carbocycles. The summed E-state index contributed by atoms with van der Waals surface area (Å²) in [5, 5.41) is -0.0877. The van der Waals surface area contributed by atoms with E-state index in [-0.39, 0.29) is 5.16 Å². The number of sulfone groups is 1. The molecule has 0 aromatic carbocycles. The van der Waals surface area contributed by atoms with E-state index in [0.717, 1.165) is 46.6 Å². The van der Waals surface area contributed by atoms with E-state index in [4.69, 9.17) is 4.42 Å². The lowest BCUT2D eigenvalue weighted by Crippen LogP contribution is -2.31. The highest BCUT2D eigenvalue weighted by Crippen LogP contribution is 2.20. The van der Waals surface area contributed by atoms with Crippen LogP contribution < -0.4 is 0 Å². The molecule has 0 radical (unpaired) electrons. The summed E-state index contributed by atoms with van der Waals surface area (Å²) in [5.41, 5.74) is 1.81. The Morgan fingerprint density at radius 2 is 2.24 bits per heavy atom. The van der Waals surface area contributed by atoms with Crippen LogP contribution in [0, 0.1) is 3.77 Å². The van der Waals surface area contributed by atoms with Crippen molar-refractivity contribution in [3.63, 3.8) is 0 Å². The van der Waals surface area contributed by atoms with Gasteiger partial charge in [0.1, 0.15) is 5.76 Å². The van der Waals surface area contributed by atoms with Crippen LogP contribution in [0.15, 0.2) is 27.9 Å². The van der Waals surface area contributed by atoms with Crippen LogP contribution in [-0.4, -0.2) is 36.1 Å². The predicted octanol–water partition coefficient (Wildman–Crippen LogP) is 1.64. The Balaban J connectivity index is 1.77. The third-order valence-corrected chi connectivity index (χ3v) is 4.77. The van der Waals surface area contributed by atoms with Gasteiger partial charge in [0.2, 0.25) is 15.0 Å². The van der Waals surface area contributed by atoms with Crippen molar-refractivity contribution in [2.75, 3.05) is 12.8 Å². The number of nitrogens with zero attached hydrogens (tertiary/aromatic N) is 3. The first-order valence-electron chi connectivity index (χ1n) is 6.43. The molecule has 0 fully saturated rings. The Morgan fingerprint density at radius 3 is 2.90 bits per heavy atom. The Labute approximate surface area is 136 Å². The van der Waals surface area contributed by atoms with Crippen LogP contribution >= 0.6 is 22.6 Å². The summed E-state index contributed by atoms with van der Waals surface area (Å²) in [6, 6.07) is 3.91. The molecule has 0 saturated carbocycles. The van der Waals surface area contributed by atoms with Gasteiger partial charge in [0.25, 0.3) is 0 Å². The van der Waals surface area contributed by atoms with E-state index < -0.39 is 9.84 Å². The highest BCUT2D eigenvalue weighted by atomic mass is 127. The largest absolute Gasteiger partial charge is 0.454 e. The van der Waals surface area contributed by atoms with Crippen molar-refractivity contribution in [3.05, 3.63) is 39.1 Å². The Bertz CT molecular complexity index is 773. The average molecular weight is 419 g/mol. The molecule has 21 heavy (non-hydrogen) atoms. The smallest absolute Gasteiger partial charge is 0.246 e. The zero-order valence-electron chi connectivity index (χ0n) is 11.4. The lowest BCUT2D eigenvalue weighted by Gasteiger charge is -2.27. The summed E-state index contributed by atoms with van der Waals surface area (Å²) in [6.45, 7) is 2.26. The number of furan rings is 1. The summed E-state index contributed by atoms with van der Waals surface area (Å²) in [6.07, 6.45) is 3.47. The maximum atomic E-state index is 11.5. The first kappa shape index (κ1) is 14.9. The van der Waals surface area contributed by atoms with Gasteiger partial charge >= 0.3 is 0 Å². The predicted molar refractivity (Wildman–Crippen MR) is 84.4 cm³/mol. The lowest BCUT2D eigenvalue weighted by molar-refractivity contribution is 0.221. The number of rotatable bonds is 3. The SMILES string of the molecule is CS(=O)(=O)c1ncc2c(n1)CCN(Cc1ccc(I)o1)C2. The fraction of sp³-hybridized carbons (Fsp3) is 0.385. The first-order valence-corrected chi connectivity index (χ1v) is 9.40. The molecule has 0 amide bonds. The van der Waals surface area contributed by atoms with Gasteiger partial charge in [-0.15, -0.1) is 0 Å². The van der Waals surface area contributed by atoms with Crippen molar-refractivity contribution < 1.29 is 12.8 Å². The van der Waals surface area contributed by atoms with Crippen LogP contribution in [0.25, 0.3) is 0 Å². The number of hydrogen-bond donors (Lipinski definition) is 0. The summed E-state index contributed by atoms with van der Waals surface area (Å²) in [5.74, 6) is 0.927. The van der Waals surface area contributed by atoms with Crippen molar-refractivity contribution in [2.45, 2.75) is 24.7 Å². The zero-order chi connectivity index (χ0) is 15.0. The molecule has 2 aromatic rings. The zero-order valence-corrected chi connectivity index (χ0v) is 14.4. The molecule has 112 valence electrons. The van der Waals surface area contributed by atoms with Gasteiger partial charge in [0, 0.05) is 37.5 Å². The fourth-order valence-corrected chi connectivity index (χ4v) is 3.31. The van der Waals surface area contributed by atoms with Crippen LogP contribution in [-0.2, 0) is 29.3 Å². The minimum Gasteiger partial charge on any atom is -0.454 e. The second-order valence-electron chi connectivity index (χ2n) is 5.06. The molecule has 1 aliphatic rings. The van der Waals surface area contributed by atoms with Gasteiger partial charge in [-0.1, -0.05) is 0 Å². The molecule has 2 aromatic heterocycles. The van der Waals surface area contributed by atoms with Crippen LogP contribution in [0.4, 0.5) is 0 Å². The Kier molecular flexibility index (Phi) is 4.02. The first-order chi connectivity index (χ1) is 9.91. The molecular formula is C13H14IN3O3S. The number of aromatic nitrogens is 2. The summed E-state index contributed by atoms with van der Waals surface area (Å²) >= 11 is 2.14. The van der Waals surface area contributed by atoms with Gasteiger partial charge in [-0.2, -0.15) is 0 Å². The molecule has 0 spiro atoms. The molecule has 3 heterocycles. The maximum absolute atomic E-state index is 11.5. The Hall–Kier alpha value is -1.000. The summed E-state index contributed by atoms with van der Waals surface area (Å²) in [7, 11) is -3.35. The maximum Gasteiger partial charge on any atom is 0.246 e. The molecule has 0 atom stereocenters. The minimum absolute atomic E-state index is 0.0877. The minimum atomic E-state index is -3.35. The Morgan fingerprint density at radius 1 is 1.43 bits per heavy atom. The van der Waals surface area contributed by atoms with Gasteiger partial charge < -0.3 is 4.42 Å². The highest BCUT2D eigenvalue weighted by molar-refractivity contribution is 14.1. The lowest BCUT2D eigenvalue weighted by atomic mass is 10.1. The van der Waals surface area contributed by atoms with Gasteiger partial charge in [-0.3, -0.25) is 4.90 Å². The van der Waals surface area contributed by atoms with Crippen LogP contribution in [0.2, 0.25) is 0 Å². The van der Waals surface area contributed by atoms with E-state index in [1.807, 2.05) is 12.1 Å². The third kappa shape index (κ3) is 3.43. The van der Waals surface area contributed by atoms with Crippen molar-refractivity contribution in [1.82, 2.24) is 14.9 Å². The second-order valence-corrected chi connectivity index (χ2v) is 8.04. The van der Waals surface area contributed by atoms with E-state index in [1.54, 1.807) is 6.20 Å². The van der Waals surface area contributed by atoms with E-state index in [1.165, 1.54) is 0 Å². The van der Waals surface area contributed by atoms with Gasteiger partial charge in [-0.05, 0) is 34.7 Å². The number of halogens is 1. The standard InChI is InChI=1S/C13H14IN3O3S/c1-21(18,19)13-15-6-9-7-17(5-4-11(9)16-13)8-10-2-3-12(14)20-10/h2-3,6H,4-5,7-8H2,1H3.